The Bertz CT molecular complexity index is 1400. The highest BCUT2D eigenvalue weighted by atomic mass is 35.5. The molecule has 0 bridgehead atoms. The molecule has 0 spiro atoms. The van der Waals surface area contributed by atoms with E-state index in [4.69, 9.17) is 11.6 Å². The Hall–Kier alpha value is -3.52. The van der Waals surface area contributed by atoms with E-state index in [1.807, 2.05) is 0 Å². The summed E-state index contributed by atoms with van der Waals surface area (Å²) in [7, 11) is 0. The van der Waals surface area contributed by atoms with Crippen LogP contribution in [0.25, 0.3) is 16.9 Å². The largest absolute Gasteiger partial charge is 0.337 e. The molecule has 0 atom stereocenters. The third-order valence-electron chi connectivity index (χ3n) is 4.66. The van der Waals surface area contributed by atoms with Crippen molar-refractivity contribution in [1.82, 2.24) is 18.7 Å². The molecule has 6 nitrogen and oxygen atoms in total. The van der Waals surface area contributed by atoms with Gasteiger partial charge in [0.15, 0.2) is 11.2 Å². The Morgan fingerprint density at radius 1 is 1.13 bits per heavy atom. The maximum absolute atomic E-state index is 14.5. The van der Waals surface area contributed by atoms with Gasteiger partial charge in [0.25, 0.3) is 5.56 Å². The fourth-order valence-electron chi connectivity index (χ4n) is 3.28. The smallest absolute Gasteiger partial charge is 0.320 e. The van der Waals surface area contributed by atoms with Crippen LogP contribution in [0.5, 0.6) is 0 Å². The minimum atomic E-state index is -0.956. The Kier molecular flexibility index (Phi) is 5.09. The summed E-state index contributed by atoms with van der Waals surface area (Å²) in [4.78, 5) is 30.3. The number of nitrogens with zero attached hydrogens (tertiary/aromatic N) is 4. The molecular formula is C21H15ClF2N4O2. The van der Waals surface area contributed by atoms with E-state index < -0.39 is 22.9 Å². The van der Waals surface area contributed by atoms with Crippen LogP contribution in [0.3, 0.4) is 0 Å². The molecule has 0 radical (unpaired) electrons. The van der Waals surface area contributed by atoms with Crippen molar-refractivity contribution in [2.45, 2.75) is 13.1 Å². The van der Waals surface area contributed by atoms with Crippen LogP contribution in [0.4, 0.5) is 8.78 Å². The van der Waals surface area contributed by atoms with Crippen molar-refractivity contribution < 1.29 is 8.78 Å². The average Bonchev–Trinajstić information content (AvgIpc) is 3.12. The van der Waals surface area contributed by atoms with Gasteiger partial charge in [-0.1, -0.05) is 35.9 Å². The summed E-state index contributed by atoms with van der Waals surface area (Å²) in [6.45, 7) is 3.69. The van der Waals surface area contributed by atoms with Crippen LogP contribution >= 0.6 is 11.6 Å². The van der Waals surface area contributed by atoms with E-state index in [1.54, 1.807) is 24.3 Å². The van der Waals surface area contributed by atoms with Gasteiger partial charge in [0.05, 0.1) is 18.6 Å². The molecule has 0 saturated carbocycles. The maximum Gasteiger partial charge on any atom is 0.337 e. The van der Waals surface area contributed by atoms with E-state index in [0.717, 1.165) is 26.8 Å². The van der Waals surface area contributed by atoms with Gasteiger partial charge in [0, 0.05) is 17.6 Å². The quantitative estimate of drug-likeness (QED) is 0.457. The zero-order chi connectivity index (χ0) is 21.4. The number of aromatic nitrogens is 4. The van der Waals surface area contributed by atoms with Gasteiger partial charge in [-0.05, 0) is 23.8 Å². The van der Waals surface area contributed by atoms with Gasteiger partial charge >= 0.3 is 5.69 Å². The molecule has 0 aliphatic rings. The zero-order valence-corrected chi connectivity index (χ0v) is 16.3. The topological polar surface area (TPSA) is 61.8 Å². The van der Waals surface area contributed by atoms with Crippen molar-refractivity contribution in [2.75, 3.05) is 0 Å². The van der Waals surface area contributed by atoms with Crippen LogP contribution in [0, 0.1) is 11.6 Å². The SMILES string of the molecule is C=CCn1c(=O)c2c(ncn2Cc2ccccc2Cl)n(-c2ccc(F)cc2F)c1=O. The zero-order valence-electron chi connectivity index (χ0n) is 15.6. The molecular weight excluding hydrogens is 414 g/mol. The molecule has 2 heterocycles. The lowest BCUT2D eigenvalue weighted by molar-refractivity contribution is 0.573. The predicted octanol–water partition coefficient (Wildman–Crippen LogP) is 3.51. The van der Waals surface area contributed by atoms with E-state index in [9.17, 15) is 18.4 Å². The van der Waals surface area contributed by atoms with Crippen LogP contribution in [-0.2, 0) is 13.1 Å². The normalized spacial score (nSPS) is 11.2. The first-order valence-electron chi connectivity index (χ1n) is 8.92. The maximum atomic E-state index is 14.5. The minimum absolute atomic E-state index is 0.0390. The van der Waals surface area contributed by atoms with Crippen molar-refractivity contribution >= 4 is 22.8 Å². The highest BCUT2D eigenvalue weighted by molar-refractivity contribution is 6.31. The highest BCUT2D eigenvalue weighted by Crippen LogP contribution is 2.20. The first-order valence-corrected chi connectivity index (χ1v) is 9.30. The molecule has 0 unspecified atom stereocenters. The van der Waals surface area contributed by atoms with E-state index in [0.29, 0.717) is 11.1 Å². The van der Waals surface area contributed by atoms with Gasteiger partial charge in [-0.15, -0.1) is 6.58 Å². The molecule has 0 aliphatic carbocycles. The number of halogens is 3. The van der Waals surface area contributed by atoms with Crippen LogP contribution in [0.15, 0.2) is 71.0 Å². The second kappa shape index (κ2) is 7.72. The lowest BCUT2D eigenvalue weighted by Gasteiger charge is -2.12. The number of rotatable bonds is 5. The summed E-state index contributed by atoms with van der Waals surface area (Å²) in [5, 5.41) is 0.503. The summed E-state index contributed by atoms with van der Waals surface area (Å²) in [5.74, 6) is -1.74. The lowest BCUT2D eigenvalue weighted by atomic mass is 10.2. The second-order valence-electron chi connectivity index (χ2n) is 6.55. The first-order chi connectivity index (χ1) is 14.4. The third kappa shape index (κ3) is 3.25. The Balaban J connectivity index is 2.04. The molecule has 0 N–H and O–H groups in total. The average molecular weight is 429 g/mol. The Morgan fingerprint density at radius 3 is 2.60 bits per heavy atom. The molecule has 152 valence electrons. The van der Waals surface area contributed by atoms with Crippen molar-refractivity contribution in [3.63, 3.8) is 0 Å². The molecule has 0 aliphatic heterocycles. The summed E-state index contributed by atoms with van der Waals surface area (Å²) in [5.41, 5.74) is -0.840. The molecule has 4 aromatic rings. The number of hydrogen-bond acceptors (Lipinski definition) is 3. The monoisotopic (exact) mass is 428 g/mol. The Labute approximate surface area is 173 Å². The van der Waals surface area contributed by atoms with E-state index in [-0.39, 0.29) is 29.9 Å². The number of allylic oxidation sites excluding steroid dienone is 1. The van der Waals surface area contributed by atoms with Crippen LogP contribution in [-0.4, -0.2) is 18.7 Å². The van der Waals surface area contributed by atoms with Crippen LogP contribution in [0.2, 0.25) is 5.02 Å². The van der Waals surface area contributed by atoms with E-state index in [1.165, 1.54) is 17.0 Å². The fraction of sp³-hybridized carbons (Fsp3) is 0.0952. The molecule has 0 saturated heterocycles. The van der Waals surface area contributed by atoms with E-state index in [2.05, 4.69) is 11.6 Å². The number of fused-ring (bicyclic) bond motifs is 1. The van der Waals surface area contributed by atoms with Crippen molar-refractivity contribution in [1.29, 1.82) is 0 Å². The molecule has 2 aromatic heterocycles. The van der Waals surface area contributed by atoms with Crippen LogP contribution in [0.1, 0.15) is 5.56 Å². The highest BCUT2D eigenvalue weighted by Gasteiger charge is 2.21. The third-order valence-corrected chi connectivity index (χ3v) is 5.03. The number of benzene rings is 2. The van der Waals surface area contributed by atoms with Gasteiger partial charge in [-0.2, -0.15) is 0 Å². The number of hydrogen-bond donors (Lipinski definition) is 0. The summed E-state index contributed by atoms with van der Waals surface area (Å²) >= 11 is 6.23. The van der Waals surface area contributed by atoms with Gasteiger partial charge in [0.2, 0.25) is 0 Å². The van der Waals surface area contributed by atoms with Crippen molar-refractivity contribution in [2.24, 2.45) is 0 Å². The fourth-order valence-corrected chi connectivity index (χ4v) is 3.48. The second-order valence-corrected chi connectivity index (χ2v) is 6.96. The summed E-state index contributed by atoms with van der Waals surface area (Å²) < 4.78 is 31.3. The van der Waals surface area contributed by atoms with Gasteiger partial charge in [-0.25, -0.2) is 23.1 Å². The Morgan fingerprint density at radius 2 is 1.90 bits per heavy atom. The van der Waals surface area contributed by atoms with Crippen molar-refractivity contribution in [3.8, 4) is 5.69 Å². The van der Waals surface area contributed by atoms with Crippen LogP contribution < -0.4 is 11.2 Å². The molecule has 4 rings (SSSR count). The molecule has 9 heteroatoms. The lowest BCUT2D eigenvalue weighted by Crippen LogP contribution is -2.40. The van der Waals surface area contributed by atoms with Crippen molar-refractivity contribution in [3.05, 3.63) is 105 Å². The summed E-state index contributed by atoms with van der Waals surface area (Å²) in [6.07, 6.45) is 2.76. The minimum Gasteiger partial charge on any atom is -0.320 e. The van der Waals surface area contributed by atoms with E-state index >= 15 is 0 Å². The van der Waals surface area contributed by atoms with Gasteiger partial charge in [-0.3, -0.25) is 9.36 Å². The molecule has 0 amide bonds. The molecule has 2 aromatic carbocycles. The standard InChI is InChI=1S/C21H15ClF2N4O2/c1-2-9-27-20(29)18-19(25-12-26(18)11-13-5-3-4-6-15(13)22)28(21(27)30)17-8-7-14(23)10-16(17)24/h2-8,10,12H,1,9,11H2. The number of imidazole rings is 1. The molecule has 0 fully saturated rings. The van der Waals surface area contributed by atoms with Gasteiger partial charge < -0.3 is 4.57 Å². The molecule has 30 heavy (non-hydrogen) atoms. The summed E-state index contributed by atoms with van der Waals surface area (Å²) in [6, 6.07) is 9.92. The first kappa shape index (κ1) is 19.8. The van der Waals surface area contributed by atoms with Gasteiger partial charge in [0.1, 0.15) is 11.6 Å². The predicted molar refractivity (Wildman–Crippen MR) is 110 cm³/mol.